The Morgan fingerprint density at radius 3 is 2.61 bits per heavy atom. The van der Waals surface area contributed by atoms with Gasteiger partial charge in [0.05, 0.1) is 6.04 Å². The Hall–Kier alpha value is -2.93. The number of allylic oxidation sites excluding steroid dienone is 1. The first kappa shape index (κ1) is 19.8. The zero-order chi connectivity index (χ0) is 19.9. The van der Waals surface area contributed by atoms with E-state index in [1.54, 1.807) is 30.3 Å². The Balaban J connectivity index is 1.72. The minimum Gasteiger partial charge on any atom is -0.342 e. The van der Waals surface area contributed by atoms with Crippen LogP contribution in [-0.2, 0) is 12.3 Å². The molecule has 0 fully saturated rings. The number of hydrogen-bond acceptors (Lipinski definition) is 4. The van der Waals surface area contributed by atoms with Gasteiger partial charge in [-0.05, 0) is 36.8 Å². The van der Waals surface area contributed by atoms with Crippen molar-refractivity contribution in [3.63, 3.8) is 0 Å². The fraction of sp³-hybridized carbons (Fsp3) is 0.190. The van der Waals surface area contributed by atoms with Gasteiger partial charge in [0.1, 0.15) is 5.82 Å². The summed E-state index contributed by atoms with van der Waals surface area (Å²) in [5.74, 6) is 0.877. The largest absolute Gasteiger partial charge is 0.342 e. The van der Waals surface area contributed by atoms with Crippen molar-refractivity contribution in [1.29, 1.82) is 0 Å². The third-order valence-electron chi connectivity index (χ3n) is 4.11. The highest BCUT2D eigenvalue weighted by molar-refractivity contribution is 7.98. The maximum absolute atomic E-state index is 13.1. The molecule has 144 valence electrons. The molecular weight excluding hydrogens is 375 g/mol. The average Bonchev–Trinajstić information content (AvgIpc) is 3.11. The summed E-state index contributed by atoms with van der Waals surface area (Å²) in [5.41, 5.74) is 1.58. The Kier molecular flexibility index (Phi) is 6.60. The number of benzene rings is 2. The molecule has 1 aromatic heterocycles. The van der Waals surface area contributed by atoms with Gasteiger partial charge < -0.3 is 9.88 Å². The van der Waals surface area contributed by atoms with E-state index in [0.717, 1.165) is 10.7 Å². The molecule has 3 aromatic rings. The van der Waals surface area contributed by atoms with E-state index < -0.39 is 0 Å². The van der Waals surface area contributed by atoms with Crippen LogP contribution in [0.25, 0.3) is 0 Å². The zero-order valence-electron chi connectivity index (χ0n) is 15.5. The van der Waals surface area contributed by atoms with Crippen LogP contribution in [0.4, 0.5) is 4.39 Å². The Bertz CT molecular complexity index is 941. The zero-order valence-corrected chi connectivity index (χ0v) is 16.3. The molecule has 0 saturated carbocycles. The SMILES string of the molecule is C=CCn1c(SCc2ccc(F)cc2)nnc1[C@H](C)NC(=O)c1ccccc1. The lowest BCUT2D eigenvalue weighted by atomic mass is 10.2. The molecule has 1 N–H and O–H groups in total. The molecule has 3 rings (SSSR count). The molecule has 0 saturated heterocycles. The first-order chi connectivity index (χ1) is 13.6. The summed E-state index contributed by atoms with van der Waals surface area (Å²) in [6, 6.07) is 15.1. The van der Waals surface area contributed by atoms with Crippen LogP contribution in [0.1, 0.15) is 34.7 Å². The van der Waals surface area contributed by atoms with E-state index in [4.69, 9.17) is 0 Å². The average molecular weight is 396 g/mol. The molecule has 0 aliphatic heterocycles. The molecule has 28 heavy (non-hydrogen) atoms. The van der Waals surface area contributed by atoms with Gasteiger partial charge in [-0.15, -0.1) is 16.8 Å². The molecule has 7 heteroatoms. The molecule has 1 heterocycles. The summed E-state index contributed by atoms with van der Waals surface area (Å²) in [4.78, 5) is 12.4. The number of halogens is 1. The summed E-state index contributed by atoms with van der Waals surface area (Å²) in [6.45, 7) is 6.20. The van der Waals surface area contributed by atoms with Gasteiger partial charge in [-0.25, -0.2) is 4.39 Å². The lowest BCUT2D eigenvalue weighted by Gasteiger charge is -2.15. The normalized spacial score (nSPS) is 11.8. The maximum Gasteiger partial charge on any atom is 0.251 e. The number of hydrogen-bond donors (Lipinski definition) is 1. The number of amides is 1. The van der Waals surface area contributed by atoms with Crippen LogP contribution < -0.4 is 5.32 Å². The maximum atomic E-state index is 13.1. The molecule has 2 aromatic carbocycles. The van der Waals surface area contributed by atoms with E-state index in [2.05, 4.69) is 22.1 Å². The summed E-state index contributed by atoms with van der Waals surface area (Å²) in [7, 11) is 0. The standard InChI is InChI=1S/C21H21FN4OS/c1-3-13-26-19(15(2)23-20(27)17-7-5-4-6-8-17)24-25-21(26)28-14-16-9-11-18(22)12-10-16/h3-12,15H,1,13-14H2,2H3,(H,23,27)/t15-/m0/s1. The lowest BCUT2D eigenvalue weighted by molar-refractivity contribution is 0.0937. The van der Waals surface area contributed by atoms with Crippen molar-refractivity contribution >= 4 is 17.7 Å². The van der Waals surface area contributed by atoms with E-state index in [0.29, 0.717) is 23.7 Å². The van der Waals surface area contributed by atoms with E-state index in [9.17, 15) is 9.18 Å². The topological polar surface area (TPSA) is 59.8 Å². The number of nitrogens with zero attached hydrogens (tertiary/aromatic N) is 3. The lowest BCUT2D eigenvalue weighted by Crippen LogP contribution is -2.28. The number of carbonyl (C=O) groups excluding carboxylic acids is 1. The second-order valence-electron chi connectivity index (χ2n) is 6.22. The van der Waals surface area contributed by atoms with Crippen LogP contribution in [0.2, 0.25) is 0 Å². The number of rotatable bonds is 8. The van der Waals surface area contributed by atoms with Crippen LogP contribution in [0.5, 0.6) is 0 Å². The van der Waals surface area contributed by atoms with E-state index in [1.807, 2.05) is 29.7 Å². The van der Waals surface area contributed by atoms with Gasteiger partial charge in [0.2, 0.25) is 0 Å². The van der Waals surface area contributed by atoms with Crippen molar-refractivity contribution in [1.82, 2.24) is 20.1 Å². The van der Waals surface area contributed by atoms with E-state index in [-0.39, 0.29) is 17.8 Å². The van der Waals surface area contributed by atoms with Crippen LogP contribution in [0, 0.1) is 5.82 Å². The smallest absolute Gasteiger partial charge is 0.251 e. The van der Waals surface area contributed by atoms with Crippen molar-refractivity contribution in [3.05, 3.63) is 90.0 Å². The second kappa shape index (κ2) is 9.32. The summed E-state index contributed by atoms with van der Waals surface area (Å²) in [6.07, 6.45) is 1.76. The monoisotopic (exact) mass is 396 g/mol. The first-order valence-corrected chi connectivity index (χ1v) is 9.84. The predicted octanol–water partition coefficient (Wildman–Crippen LogP) is 4.39. The summed E-state index contributed by atoms with van der Waals surface area (Å²) >= 11 is 1.51. The Morgan fingerprint density at radius 1 is 1.21 bits per heavy atom. The highest BCUT2D eigenvalue weighted by Gasteiger charge is 2.19. The minimum atomic E-state index is -0.319. The van der Waals surface area contributed by atoms with Gasteiger partial charge in [0, 0.05) is 17.9 Å². The van der Waals surface area contributed by atoms with Crippen molar-refractivity contribution in [2.75, 3.05) is 0 Å². The highest BCUT2D eigenvalue weighted by Crippen LogP contribution is 2.24. The molecular formula is C21H21FN4OS. The third kappa shape index (κ3) is 4.86. The third-order valence-corrected chi connectivity index (χ3v) is 5.15. The van der Waals surface area contributed by atoms with Gasteiger partial charge in [-0.3, -0.25) is 4.79 Å². The van der Waals surface area contributed by atoms with Gasteiger partial charge in [-0.1, -0.05) is 48.2 Å². The Labute approximate surface area is 167 Å². The number of nitrogens with one attached hydrogen (secondary N) is 1. The Morgan fingerprint density at radius 2 is 1.93 bits per heavy atom. The molecule has 1 atom stereocenters. The first-order valence-electron chi connectivity index (χ1n) is 8.85. The molecule has 0 bridgehead atoms. The van der Waals surface area contributed by atoms with E-state index in [1.165, 1.54) is 23.9 Å². The quantitative estimate of drug-likeness (QED) is 0.453. The van der Waals surface area contributed by atoms with Crippen LogP contribution >= 0.6 is 11.8 Å². The highest BCUT2D eigenvalue weighted by atomic mass is 32.2. The fourth-order valence-electron chi connectivity index (χ4n) is 2.69. The van der Waals surface area contributed by atoms with Crippen molar-refractivity contribution in [2.24, 2.45) is 0 Å². The van der Waals surface area contributed by atoms with Crippen LogP contribution in [0.15, 0.2) is 72.4 Å². The molecule has 0 aliphatic rings. The fourth-order valence-corrected chi connectivity index (χ4v) is 3.60. The van der Waals surface area contributed by atoms with Gasteiger partial charge >= 0.3 is 0 Å². The van der Waals surface area contributed by atoms with E-state index >= 15 is 0 Å². The van der Waals surface area contributed by atoms with Crippen molar-refractivity contribution < 1.29 is 9.18 Å². The second-order valence-corrected chi connectivity index (χ2v) is 7.16. The number of aromatic nitrogens is 3. The summed E-state index contributed by atoms with van der Waals surface area (Å²) in [5, 5.41) is 12.2. The van der Waals surface area contributed by atoms with Gasteiger partial charge in [0.15, 0.2) is 11.0 Å². The molecule has 1 amide bonds. The minimum absolute atomic E-state index is 0.165. The van der Waals surface area contributed by atoms with Crippen molar-refractivity contribution in [3.8, 4) is 0 Å². The van der Waals surface area contributed by atoms with Crippen LogP contribution in [-0.4, -0.2) is 20.7 Å². The summed E-state index contributed by atoms with van der Waals surface area (Å²) < 4.78 is 15.0. The molecule has 0 radical (unpaired) electrons. The predicted molar refractivity (Wildman–Crippen MR) is 109 cm³/mol. The van der Waals surface area contributed by atoms with Crippen molar-refractivity contribution in [2.45, 2.75) is 30.4 Å². The molecule has 0 unspecified atom stereocenters. The van der Waals surface area contributed by atoms with Crippen LogP contribution in [0.3, 0.4) is 0 Å². The van der Waals surface area contributed by atoms with Gasteiger partial charge in [-0.2, -0.15) is 0 Å². The van der Waals surface area contributed by atoms with Gasteiger partial charge in [0.25, 0.3) is 5.91 Å². The molecule has 0 aliphatic carbocycles. The molecule has 5 nitrogen and oxygen atoms in total. The number of carbonyl (C=O) groups is 1. The molecule has 0 spiro atoms. The number of thioether (sulfide) groups is 1.